The van der Waals surface area contributed by atoms with E-state index in [0.717, 1.165) is 56.9 Å². The number of nitrogens with zero attached hydrogens (tertiary/aromatic N) is 5. The zero-order valence-corrected chi connectivity index (χ0v) is 19.3. The van der Waals surface area contributed by atoms with Crippen molar-refractivity contribution in [1.82, 2.24) is 29.6 Å². The number of aryl methyl sites for hydroxylation is 1. The Kier molecular flexibility index (Phi) is 6.82. The minimum atomic E-state index is -0.290. The van der Waals surface area contributed by atoms with Gasteiger partial charge in [-0.3, -0.25) is 14.4 Å². The Morgan fingerprint density at radius 2 is 2.14 bits per heavy atom. The summed E-state index contributed by atoms with van der Waals surface area (Å²) in [6, 6.07) is 7.06. The van der Waals surface area contributed by atoms with Crippen molar-refractivity contribution < 1.29 is 14.3 Å². The van der Waals surface area contributed by atoms with Gasteiger partial charge in [0, 0.05) is 61.5 Å². The Hall–Kier alpha value is -4.02. The summed E-state index contributed by atoms with van der Waals surface area (Å²) in [5, 5.41) is 7.24. The minimum absolute atomic E-state index is 0.290. The van der Waals surface area contributed by atoms with E-state index in [2.05, 4.69) is 36.8 Å². The highest BCUT2D eigenvalue weighted by molar-refractivity contribution is 5.99. The molecule has 0 bridgehead atoms. The van der Waals surface area contributed by atoms with Crippen LogP contribution in [0.3, 0.4) is 0 Å². The predicted octanol–water partition coefficient (Wildman–Crippen LogP) is 3.46. The van der Waals surface area contributed by atoms with E-state index in [1.807, 2.05) is 23.3 Å². The molecule has 3 aromatic heterocycles. The Bertz CT molecular complexity index is 1320. The number of aromatic nitrogens is 5. The summed E-state index contributed by atoms with van der Waals surface area (Å²) < 4.78 is 13.3. The highest BCUT2D eigenvalue weighted by Gasteiger charge is 2.14. The molecule has 1 saturated heterocycles. The van der Waals surface area contributed by atoms with E-state index in [9.17, 15) is 4.79 Å². The molecule has 0 atom stereocenters. The second-order valence-corrected chi connectivity index (χ2v) is 8.23. The van der Waals surface area contributed by atoms with Gasteiger partial charge in [0.25, 0.3) is 0 Å². The molecule has 0 saturated carbocycles. The van der Waals surface area contributed by atoms with Crippen LogP contribution in [0.1, 0.15) is 6.42 Å². The van der Waals surface area contributed by atoms with Gasteiger partial charge in [0.15, 0.2) is 5.65 Å². The van der Waals surface area contributed by atoms with Crippen molar-refractivity contribution in [1.29, 1.82) is 0 Å². The largest absolute Gasteiger partial charge is 0.437 e. The van der Waals surface area contributed by atoms with E-state index in [1.165, 1.54) is 6.08 Å². The van der Waals surface area contributed by atoms with E-state index < -0.39 is 0 Å². The fraction of sp³-hybridized carbons (Fsp3) is 0.280. The number of hydrogen-bond acceptors (Lipinski definition) is 7. The monoisotopic (exact) mass is 473 g/mol. The van der Waals surface area contributed by atoms with Crippen LogP contribution >= 0.6 is 0 Å². The Morgan fingerprint density at radius 3 is 3.00 bits per heavy atom. The molecule has 4 heterocycles. The molecule has 0 radical (unpaired) electrons. The highest BCUT2D eigenvalue weighted by Crippen LogP contribution is 2.29. The zero-order chi connectivity index (χ0) is 24.0. The van der Waals surface area contributed by atoms with Gasteiger partial charge in [0.05, 0.1) is 25.6 Å². The van der Waals surface area contributed by atoms with Gasteiger partial charge in [0.1, 0.15) is 11.3 Å². The third kappa shape index (κ3) is 5.56. The molecule has 0 unspecified atom stereocenters. The molecule has 5 rings (SSSR count). The number of ether oxygens (including phenoxy) is 2. The summed E-state index contributed by atoms with van der Waals surface area (Å²) in [4.78, 5) is 26.3. The third-order valence-corrected chi connectivity index (χ3v) is 5.78. The molecule has 1 aromatic carbocycles. The van der Waals surface area contributed by atoms with Crippen molar-refractivity contribution in [3.8, 4) is 22.8 Å². The normalized spacial score (nSPS) is 14.2. The van der Waals surface area contributed by atoms with Gasteiger partial charge in [-0.2, -0.15) is 5.10 Å². The van der Waals surface area contributed by atoms with Crippen LogP contribution in [-0.2, 0) is 16.1 Å². The van der Waals surface area contributed by atoms with E-state index in [-0.39, 0.29) is 5.91 Å². The zero-order valence-electron chi connectivity index (χ0n) is 19.3. The number of H-pyrrole nitrogens is 1. The van der Waals surface area contributed by atoms with E-state index >= 15 is 0 Å². The molecular weight excluding hydrogens is 446 g/mol. The maximum atomic E-state index is 11.6. The number of amides is 1. The summed E-state index contributed by atoms with van der Waals surface area (Å²) in [5.41, 5.74) is 3.84. The number of anilines is 1. The van der Waals surface area contributed by atoms with E-state index in [1.54, 1.807) is 30.5 Å². The topological polar surface area (TPSA) is 110 Å². The molecule has 1 aliphatic heterocycles. The van der Waals surface area contributed by atoms with Crippen LogP contribution in [0, 0.1) is 0 Å². The van der Waals surface area contributed by atoms with Crippen LogP contribution in [0.2, 0.25) is 0 Å². The van der Waals surface area contributed by atoms with Crippen LogP contribution in [-0.4, -0.2) is 68.4 Å². The lowest BCUT2D eigenvalue weighted by molar-refractivity contribution is -0.111. The van der Waals surface area contributed by atoms with Crippen LogP contribution in [0.25, 0.3) is 22.3 Å². The molecule has 1 amide bonds. The molecule has 2 N–H and O–H groups in total. The quantitative estimate of drug-likeness (QED) is 0.358. The Balaban J connectivity index is 1.28. The fourth-order valence-electron chi connectivity index (χ4n) is 4.00. The van der Waals surface area contributed by atoms with Crippen molar-refractivity contribution in [3.05, 3.63) is 61.7 Å². The first-order chi connectivity index (χ1) is 17.2. The van der Waals surface area contributed by atoms with Crippen LogP contribution < -0.4 is 10.1 Å². The van der Waals surface area contributed by atoms with Gasteiger partial charge in [-0.15, -0.1) is 0 Å². The summed E-state index contributed by atoms with van der Waals surface area (Å²) >= 11 is 0. The molecule has 1 fully saturated rings. The lowest BCUT2D eigenvalue weighted by atomic mass is 10.2. The first kappa shape index (κ1) is 22.8. The first-order valence-electron chi connectivity index (χ1n) is 11.6. The maximum Gasteiger partial charge on any atom is 0.247 e. The number of morpholine rings is 1. The SMILES string of the molecule is C=CC(=O)Nc1cccc(Oc2cnc3[nH]cc(-c4cnn(CCCN5CCOCC5)c4)c3n2)c1. The Morgan fingerprint density at radius 1 is 1.26 bits per heavy atom. The average Bonchev–Trinajstić information content (AvgIpc) is 3.51. The minimum Gasteiger partial charge on any atom is -0.437 e. The second-order valence-electron chi connectivity index (χ2n) is 8.23. The molecule has 180 valence electrons. The van der Waals surface area contributed by atoms with Crippen LogP contribution in [0.5, 0.6) is 11.6 Å². The summed E-state index contributed by atoms with van der Waals surface area (Å²) in [6.07, 6.45) is 9.56. The molecule has 0 aliphatic carbocycles. The number of fused-ring (bicyclic) bond motifs is 1. The molecule has 1 aliphatic rings. The smallest absolute Gasteiger partial charge is 0.247 e. The number of benzene rings is 1. The van der Waals surface area contributed by atoms with Gasteiger partial charge in [-0.05, 0) is 24.6 Å². The summed E-state index contributed by atoms with van der Waals surface area (Å²) in [6.45, 7) is 8.97. The van der Waals surface area contributed by atoms with Gasteiger partial charge < -0.3 is 19.8 Å². The number of rotatable bonds is 9. The molecule has 10 heteroatoms. The van der Waals surface area contributed by atoms with Crippen molar-refractivity contribution in [2.45, 2.75) is 13.0 Å². The molecule has 0 spiro atoms. The van der Waals surface area contributed by atoms with Gasteiger partial charge in [-0.1, -0.05) is 12.6 Å². The number of carbonyl (C=O) groups is 1. The summed E-state index contributed by atoms with van der Waals surface area (Å²) in [5.74, 6) is 0.594. The number of hydrogen-bond donors (Lipinski definition) is 2. The molecular formula is C25H27N7O3. The van der Waals surface area contributed by atoms with Crippen molar-refractivity contribution in [2.24, 2.45) is 0 Å². The molecule has 35 heavy (non-hydrogen) atoms. The van der Waals surface area contributed by atoms with Gasteiger partial charge in [-0.25, -0.2) is 9.97 Å². The van der Waals surface area contributed by atoms with Crippen molar-refractivity contribution in [3.63, 3.8) is 0 Å². The Labute approximate surface area is 202 Å². The highest BCUT2D eigenvalue weighted by atomic mass is 16.5. The lowest BCUT2D eigenvalue weighted by Crippen LogP contribution is -2.37. The molecule has 10 nitrogen and oxygen atoms in total. The number of aromatic amines is 1. The van der Waals surface area contributed by atoms with Crippen LogP contribution in [0.15, 0.2) is 61.7 Å². The second kappa shape index (κ2) is 10.5. The van der Waals surface area contributed by atoms with Crippen LogP contribution in [0.4, 0.5) is 5.69 Å². The van der Waals surface area contributed by atoms with Crippen molar-refractivity contribution in [2.75, 3.05) is 38.2 Å². The number of carbonyl (C=O) groups excluding carboxylic acids is 1. The average molecular weight is 474 g/mol. The number of nitrogens with one attached hydrogen (secondary N) is 2. The van der Waals surface area contributed by atoms with Gasteiger partial charge >= 0.3 is 0 Å². The lowest BCUT2D eigenvalue weighted by Gasteiger charge is -2.26. The van der Waals surface area contributed by atoms with Gasteiger partial charge in [0.2, 0.25) is 11.8 Å². The maximum absolute atomic E-state index is 11.6. The van der Waals surface area contributed by atoms with E-state index in [4.69, 9.17) is 9.47 Å². The predicted molar refractivity (Wildman–Crippen MR) is 132 cm³/mol. The fourth-order valence-corrected chi connectivity index (χ4v) is 4.00. The first-order valence-corrected chi connectivity index (χ1v) is 11.6. The van der Waals surface area contributed by atoms with E-state index in [0.29, 0.717) is 28.5 Å². The standard InChI is InChI=1S/C25H27N7O3/c1-2-22(33)29-19-5-3-6-20(13-19)35-23-16-27-25-24(30-23)21(15-26-25)18-14-28-32(17-18)8-4-7-31-9-11-34-12-10-31/h2-3,5-6,13-17H,1,4,7-12H2,(H,26,27)(H,29,33). The summed E-state index contributed by atoms with van der Waals surface area (Å²) in [7, 11) is 0. The van der Waals surface area contributed by atoms with Crippen molar-refractivity contribution >= 4 is 22.8 Å². The third-order valence-electron chi connectivity index (χ3n) is 5.78. The molecule has 4 aromatic rings.